The maximum absolute atomic E-state index is 2.51. The molecule has 1 aromatic carbocycles. The average molecular weight is 357 g/mol. The lowest BCUT2D eigenvalue weighted by Gasteiger charge is -2.16. The van der Waals surface area contributed by atoms with E-state index in [0.29, 0.717) is 0 Å². The van der Waals surface area contributed by atoms with Crippen LogP contribution in [0.5, 0.6) is 0 Å². The summed E-state index contributed by atoms with van der Waals surface area (Å²) in [4.78, 5) is 0. The number of benzene rings is 1. The van der Waals surface area contributed by atoms with Gasteiger partial charge in [0, 0.05) is 0 Å². The van der Waals surface area contributed by atoms with E-state index in [2.05, 4.69) is 25.1 Å². The van der Waals surface area contributed by atoms with Crippen LogP contribution in [-0.4, -0.2) is 0 Å². The summed E-state index contributed by atoms with van der Waals surface area (Å²) in [5, 5.41) is 0. The Kier molecular flexibility index (Phi) is 11.8. The van der Waals surface area contributed by atoms with Crippen LogP contribution in [0.3, 0.4) is 0 Å². The van der Waals surface area contributed by atoms with Crippen molar-refractivity contribution >= 4 is 0 Å². The van der Waals surface area contributed by atoms with Crippen molar-refractivity contribution in [3.8, 4) is 0 Å². The number of hydrogen-bond acceptors (Lipinski definition) is 0. The highest BCUT2D eigenvalue weighted by atomic mass is 14.1. The molecule has 0 fully saturated rings. The molecule has 1 aliphatic carbocycles. The second-order valence-electron chi connectivity index (χ2n) is 8.66. The minimum absolute atomic E-state index is 1.30. The molecule has 2 rings (SSSR count). The number of aryl methyl sites for hydroxylation is 3. The zero-order chi connectivity index (χ0) is 18.3. The Hall–Kier alpha value is -0.780. The predicted octanol–water partition coefficient (Wildman–Crippen LogP) is 8.59. The minimum atomic E-state index is 1.30. The molecule has 0 bridgehead atoms. The van der Waals surface area contributed by atoms with Crippen LogP contribution >= 0.6 is 0 Å². The van der Waals surface area contributed by atoms with Crippen LogP contribution in [0.25, 0.3) is 0 Å². The van der Waals surface area contributed by atoms with Crippen molar-refractivity contribution in [1.82, 2.24) is 0 Å². The second kappa shape index (κ2) is 14.3. The van der Waals surface area contributed by atoms with E-state index in [1.807, 2.05) is 0 Å². The SMILES string of the molecule is CCCCCCCCCCCCCCCCc1ccc2c(c1)CCCC2. The summed E-state index contributed by atoms with van der Waals surface area (Å²) in [6.45, 7) is 2.30. The molecule has 0 saturated heterocycles. The van der Waals surface area contributed by atoms with Gasteiger partial charge in [0.05, 0.1) is 0 Å². The molecule has 0 aromatic heterocycles. The van der Waals surface area contributed by atoms with Crippen LogP contribution < -0.4 is 0 Å². The molecule has 0 N–H and O–H groups in total. The van der Waals surface area contributed by atoms with E-state index < -0.39 is 0 Å². The third kappa shape index (κ3) is 9.24. The van der Waals surface area contributed by atoms with Gasteiger partial charge in [-0.05, 0) is 55.2 Å². The summed E-state index contributed by atoms with van der Waals surface area (Å²) in [6.07, 6.45) is 27.0. The van der Waals surface area contributed by atoms with Gasteiger partial charge in [0.2, 0.25) is 0 Å². The third-order valence-corrected chi connectivity index (χ3v) is 6.23. The fourth-order valence-electron chi connectivity index (χ4n) is 4.47. The standard InChI is InChI=1S/C26H44/c1-2-3-4-5-6-7-8-9-10-11-12-13-14-15-18-24-21-22-25-19-16-17-20-26(25)23-24/h21-23H,2-20H2,1H3. The first kappa shape index (κ1) is 21.5. The molecule has 1 aromatic rings. The number of unbranched alkanes of at least 4 members (excludes halogenated alkanes) is 13. The molecule has 0 radical (unpaired) electrons. The van der Waals surface area contributed by atoms with Crippen molar-refractivity contribution in [2.45, 2.75) is 129 Å². The smallest absolute Gasteiger partial charge is 0.0276 e. The lowest BCUT2D eigenvalue weighted by Crippen LogP contribution is -2.03. The van der Waals surface area contributed by atoms with E-state index >= 15 is 0 Å². The van der Waals surface area contributed by atoms with Gasteiger partial charge in [-0.1, -0.05) is 109 Å². The van der Waals surface area contributed by atoms with Gasteiger partial charge in [-0.3, -0.25) is 0 Å². The quantitative estimate of drug-likeness (QED) is 0.276. The van der Waals surface area contributed by atoms with E-state index in [1.54, 1.807) is 16.7 Å². The summed E-state index contributed by atoms with van der Waals surface area (Å²) in [7, 11) is 0. The van der Waals surface area contributed by atoms with Gasteiger partial charge in [0.15, 0.2) is 0 Å². The fraction of sp³-hybridized carbons (Fsp3) is 0.769. The van der Waals surface area contributed by atoms with E-state index in [0.717, 1.165) is 0 Å². The van der Waals surface area contributed by atoms with Crippen molar-refractivity contribution in [1.29, 1.82) is 0 Å². The monoisotopic (exact) mass is 356 g/mol. The van der Waals surface area contributed by atoms with E-state index in [1.165, 1.54) is 122 Å². The predicted molar refractivity (Wildman–Crippen MR) is 117 cm³/mol. The van der Waals surface area contributed by atoms with Gasteiger partial charge >= 0.3 is 0 Å². The molecule has 0 heteroatoms. The van der Waals surface area contributed by atoms with Gasteiger partial charge in [-0.2, -0.15) is 0 Å². The Morgan fingerprint density at radius 2 is 1.08 bits per heavy atom. The largest absolute Gasteiger partial charge is 0.0654 e. The van der Waals surface area contributed by atoms with Crippen molar-refractivity contribution in [3.63, 3.8) is 0 Å². The maximum atomic E-state index is 2.51. The molecule has 0 saturated carbocycles. The Morgan fingerprint density at radius 3 is 1.65 bits per heavy atom. The van der Waals surface area contributed by atoms with Crippen LogP contribution in [0.4, 0.5) is 0 Å². The number of fused-ring (bicyclic) bond motifs is 1. The van der Waals surface area contributed by atoms with E-state index in [9.17, 15) is 0 Å². The van der Waals surface area contributed by atoms with Crippen molar-refractivity contribution < 1.29 is 0 Å². The molecule has 0 spiro atoms. The van der Waals surface area contributed by atoms with Gasteiger partial charge < -0.3 is 0 Å². The van der Waals surface area contributed by atoms with Crippen LogP contribution in [0.2, 0.25) is 0 Å². The van der Waals surface area contributed by atoms with Crippen molar-refractivity contribution in [2.24, 2.45) is 0 Å². The molecule has 0 amide bonds. The molecule has 26 heavy (non-hydrogen) atoms. The summed E-state index contributed by atoms with van der Waals surface area (Å²) in [5.74, 6) is 0. The highest BCUT2D eigenvalue weighted by Gasteiger charge is 2.09. The second-order valence-corrected chi connectivity index (χ2v) is 8.66. The lowest BCUT2D eigenvalue weighted by molar-refractivity contribution is 0.535. The topological polar surface area (TPSA) is 0 Å². The summed E-state index contributed by atoms with van der Waals surface area (Å²) >= 11 is 0. The number of hydrogen-bond donors (Lipinski definition) is 0. The number of rotatable bonds is 15. The Labute approximate surface area is 164 Å². The zero-order valence-corrected chi connectivity index (χ0v) is 17.7. The molecule has 0 aliphatic heterocycles. The molecule has 0 nitrogen and oxygen atoms in total. The minimum Gasteiger partial charge on any atom is -0.0654 e. The first-order valence-electron chi connectivity index (χ1n) is 12.0. The van der Waals surface area contributed by atoms with Gasteiger partial charge in [0.25, 0.3) is 0 Å². The average Bonchev–Trinajstić information content (AvgIpc) is 2.68. The summed E-state index contributed by atoms with van der Waals surface area (Å²) in [6, 6.07) is 7.32. The zero-order valence-electron chi connectivity index (χ0n) is 17.7. The van der Waals surface area contributed by atoms with Gasteiger partial charge in [-0.15, -0.1) is 0 Å². The molecule has 1 aliphatic rings. The van der Waals surface area contributed by atoms with Crippen LogP contribution in [-0.2, 0) is 19.3 Å². The van der Waals surface area contributed by atoms with Crippen molar-refractivity contribution in [2.75, 3.05) is 0 Å². The van der Waals surface area contributed by atoms with Crippen LogP contribution in [0, 0.1) is 0 Å². The third-order valence-electron chi connectivity index (χ3n) is 6.23. The Balaban J connectivity index is 1.37. The van der Waals surface area contributed by atoms with Crippen LogP contribution in [0.1, 0.15) is 126 Å². The maximum Gasteiger partial charge on any atom is -0.0276 e. The molecule has 0 atom stereocenters. The summed E-state index contributed by atoms with van der Waals surface area (Å²) in [5.41, 5.74) is 4.87. The highest BCUT2D eigenvalue weighted by Crippen LogP contribution is 2.23. The summed E-state index contributed by atoms with van der Waals surface area (Å²) < 4.78 is 0. The molecular weight excluding hydrogens is 312 g/mol. The Bertz CT molecular complexity index is 459. The highest BCUT2D eigenvalue weighted by molar-refractivity contribution is 5.33. The first-order valence-corrected chi connectivity index (χ1v) is 12.0. The van der Waals surface area contributed by atoms with Crippen molar-refractivity contribution in [3.05, 3.63) is 34.9 Å². The normalized spacial score (nSPS) is 13.7. The molecule has 0 unspecified atom stereocenters. The lowest BCUT2D eigenvalue weighted by atomic mass is 9.89. The van der Waals surface area contributed by atoms with E-state index in [4.69, 9.17) is 0 Å². The molecule has 0 heterocycles. The van der Waals surface area contributed by atoms with E-state index in [-0.39, 0.29) is 0 Å². The molecular formula is C26H44. The van der Waals surface area contributed by atoms with Gasteiger partial charge in [-0.25, -0.2) is 0 Å². The van der Waals surface area contributed by atoms with Gasteiger partial charge in [0.1, 0.15) is 0 Å². The fourth-order valence-corrected chi connectivity index (χ4v) is 4.47. The molecule has 148 valence electrons. The Morgan fingerprint density at radius 1 is 0.577 bits per heavy atom. The van der Waals surface area contributed by atoms with Crippen LogP contribution in [0.15, 0.2) is 18.2 Å². The first-order chi connectivity index (χ1) is 12.9.